The van der Waals surface area contributed by atoms with Gasteiger partial charge in [0.25, 0.3) is 0 Å². The van der Waals surface area contributed by atoms with E-state index in [1.807, 2.05) is 30.7 Å². The summed E-state index contributed by atoms with van der Waals surface area (Å²) in [5, 5.41) is 4.36. The number of aromatic nitrogens is 2. The first-order valence-electron chi connectivity index (χ1n) is 6.15. The van der Waals surface area contributed by atoms with E-state index in [4.69, 9.17) is 5.73 Å². The maximum absolute atomic E-state index is 13.6. The summed E-state index contributed by atoms with van der Waals surface area (Å²) in [6.45, 7) is 4.73. The van der Waals surface area contributed by atoms with Gasteiger partial charge in [0.2, 0.25) is 0 Å². The molecule has 18 heavy (non-hydrogen) atoms. The summed E-state index contributed by atoms with van der Waals surface area (Å²) in [5.74, 6) is -0.202. The minimum absolute atomic E-state index is 0.202. The lowest BCUT2D eigenvalue weighted by Gasteiger charge is -2.13. The maximum Gasteiger partial charge on any atom is 0.126 e. The van der Waals surface area contributed by atoms with Gasteiger partial charge in [-0.05, 0) is 38.0 Å². The number of hydrogen-bond donors (Lipinski definition) is 1. The molecule has 0 aliphatic heterocycles. The highest BCUT2D eigenvalue weighted by atomic mass is 19.1. The van der Waals surface area contributed by atoms with E-state index < -0.39 is 0 Å². The third-order valence-corrected chi connectivity index (χ3v) is 3.01. The Kier molecular flexibility index (Phi) is 3.77. The molecule has 0 amide bonds. The molecule has 1 aromatic carbocycles. The largest absolute Gasteiger partial charge is 0.322 e. The molecular weight excluding hydrogens is 229 g/mol. The second kappa shape index (κ2) is 5.31. The molecule has 0 aliphatic carbocycles. The minimum atomic E-state index is -0.233. The third-order valence-electron chi connectivity index (χ3n) is 3.01. The molecule has 0 saturated heterocycles. The number of halogens is 1. The first-order chi connectivity index (χ1) is 8.61. The van der Waals surface area contributed by atoms with Gasteiger partial charge < -0.3 is 5.73 Å². The Morgan fingerprint density at radius 1 is 1.39 bits per heavy atom. The molecule has 2 N–H and O–H groups in total. The SMILES string of the molecule is CCn1nc(C)cc1C(N)Cc1ccccc1F. The zero-order valence-electron chi connectivity index (χ0n) is 10.7. The molecule has 0 fully saturated rings. The Morgan fingerprint density at radius 2 is 2.11 bits per heavy atom. The van der Waals surface area contributed by atoms with E-state index in [1.165, 1.54) is 6.07 Å². The van der Waals surface area contributed by atoms with Gasteiger partial charge >= 0.3 is 0 Å². The van der Waals surface area contributed by atoms with E-state index in [0.717, 1.165) is 17.9 Å². The van der Waals surface area contributed by atoms with E-state index >= 15 is 0 Å². The van der Waals surface area contributed by atoms with E-state index in [2.05, 4.69) is 5.10 Å². The van der Waals surface area contributed by atoms with Gasteiger partial charge in [-0.25, -0.2) is 4.39 Å². The maximum atomic E-state index is 13.6. The van der Waals surface area contributed by atoms with Crippen LogP contribution >= 0.6 is 0 Å². The van der Waals surface area contributed by atoms with Crippen LogP contribution in [-0.4, -0.2) is 9.78 Å². The van der Waals surface area contributed by atoms with Gasteiger partial charge in [0, 0.05) is 6.54 Å². The molecule has 0 aliphatic rings. The average molecular weight is 247 g/mol. The number of benzene rings is 1. The molecule has 1 heterocycles. The summed E-state index contributed by atoms with van der Waals surface area (Å²) in [6, 6.07) is 8.48. The van der Waals surface area contributed by atoms with Crippen molar-refractivity contribution < 1.29 is 4.39 Å². The quantitative estimate of drug-likeness (QED) is 0.902. The van der Waals surface area contributed by atoms with Crippen molar-refractivity contribution >= 4 is 0 Å². The van der Waals surface area contributed by atoms with Crippen molar-refractivity contribution in [3.05, 3.63) is 53.1 Å². The summed E-state index contributed by atoms with van der Waals surface area (Å²) < 4.78 is 15.5. The highest BCUT2D eigenvalue weighted by molar-refractivity contribution is 5.22. The number of rotatable bonds is 4. The van der Waals surface area contributed by atoms with Crippen LogP contribution in [0.3, 0.4) is 0 Å². The van der Waals surface area contributed by atoms with Gasteiger partial charge in [-0.3, -0.25) is 4.68 Å². The summed E-state index contributed by atoms with van der Waals surface area (Å²) >= 11 is 0. The van der Waals surface area contributed by atoms with Crippen LogP contribution < -0.4 is 5.73 Å². The van der Waals surface area contributed by atoms with Gasteiger partial charge in [-0.15, -0.1) is 0 Å². The minimum Gasteiger partial charge on any atom is -0.322 e. The van der Waals surface area contributed by atoms with Crippen LogP contribution in [0.15, 0.2) is 30.3 Å². The van der Waals surface area contributed by atoms with Crippen LogP contribution in [0.25, 0.3) is 0 Å². The lowest BCUT2D eigenvalue weighted by atomic mass is 10.0. The molecule has 0 saturated carbocycles. The molecule has 0 spiro atoms. The van der Waals surface area contributed by atoms with Crippen LogP contribution in [0.5, 0.6) is 0 Å². The zero-order chi connectivity index (χ0) is 13.1. The lowest BCUT2D eigenvalue weighted by molar-refractivity contribution is 0.550. The van der Waals surface area contributed by atoms with Crippen molar-refractivity contribution in [2.45, 2.75) is 32.9 Å². The Hall–Kier alpha value is -1.68. The predicted octanol–water partition coefficient (Wildman–Crippen LogP) is 2.59. The number of nitrogens with two attached hydrogens (primary N) is 1. The first kappa shape index (κ1) is 12.8. The third kappa shape index (κ3) is 2.59. The fraction of sp³-hybridized carbons (Fsp3) is 0.357. The molecule has 2 rings (SSSR count). The highest BCUT2D eigenvalue weighted by Gasteiger charge is 2.15. The normalized spacial score (nSPS) is 12.7. The van der Waals surface area contributed by atoms with Gasteiger partial charge in [0.05, 0.1) is 17.4 Å². The summed E-state index contributed by atoms with van der Waals surface area (Å²) in [5.41, 5.74) is 8.70. The second-order valence-electron chi connectivity index (χ2n) is 4.43. The van der Waals surface area contributed by atoms with Crippen LogP contribution in [0.4, 0.5) is 4.39 Å². The standard InChI is InChI=1S/C14H18FN3/c1-3-18-14(8-10(2)17-18)13(16)9-11-6-4-5-7-12(11)15/h4-8,13H,3,9,16H2,1-2H3. The van der Waals surface area contributed by atoms with Crippen LogP contribution in [-0.2, 0) is 13.0 Å². The van der Waals surface area contributed by atoms with Gasteiger partial charge in [-0.1, -0.05) is 18.2 Å². The first-order valence-corrected chi connectivity index (χ1v) is 6.15. The molecule has 0 radical (unpaired) electrons. The van der Waals surface area contributed by atoms with Crippen molar-refractivity contribution in [2.75, 3.05) is 0 Å². The Balaban J connectivity index is 2.21. The van der Waals surface area contributed by atoms with Crippen molar-refractivity contribution in [1.29, 1.82) is 0 Å². The van der Waals surface area contributed by atoms with Crippen molar-refractivity contribution in [3.63, 3.8) is 0 Å². The van der Waals surface area contributed by atoms with E-state index in [0.29, 0.717) is 12.0 Å². The van der Waals surface area contributed by atoms with E-state index in [-0.39, 0.29) is 11.9 Å². The Morgan fingerprint density at radius 3 is 2.78 bits per heavy atom. The van der Waals surface area contributed by atoms with E-state index in [9.17, 15) is 4.39 Å². The summed E-state index contributed by atoms with van der Waals surface area (Å²) in [4.78, 5) is 0. The fourth-order valence-corrected chi connectivity index (χ4v) is 2.12. The molecule has 4 heteroatoms. The van der Waals surface area contributed by atoms with Crippen LogP contribution in [0.1, 0.15) is 29.9 Å². The lowest BCUT2D eigenvalue weighted by Crippen LogP contribution is -2.18. The number of nitrogens with zero attached hydrogens (tertiary/aromatic N) is 2. The number of hydrogen-bond acceptors (Lipinski definition) is 2. The molecule has 3 nitrogen and oxygen atoms in total. The van der Waals surface area contributed by atoms with Gasteiger partial charge in [-0.2, -0.15) is 5.10 Å². The van der Waals surface area contributed by atoms with Crippen molar-refractivity contribution in [2.24, 2.45) is 5.73 Å². The van der Waals surface area contributed by atoms with Crippen LogP contribution in [0.2, 0.25) is 0 Å². The van der Waals surface area contributed by atoms with Gasteiger partial charge in [0.1, 0.15) is 5.82 Å². The summed E-state index contributed by atoms with van der Waals surface area (Å²) in [7, 11) is 0. The summed E-state index contributed by atoms with van der Waals surface area (Å²) in [6.07, 6.45) is 0.484. The zero-order valence-corrected chi connectivity index (χ0v) is 10.7. The average Bonchev–Trinajstić information content (AvgIpc) is 2.73. The van der Waals surface area contributed by atoms with E-state index in [1.54, 1.807) is 12.1 Å². The molecule has 1 unspecified atom stereocenters. The second-order valence-corrected chi connectivity index (χ2v) is 4.43. The van der Waals surface area contributed by atoms with Gasteiger partial charge in [0.15, 0.2) is 0 Å². The molecule has 2 aromatic rings. The highest BCUT2D eigenvalue weighted by Crippen LogP contribution is 2.19. The molecule has 96 valence electrons. The van der Waals surface area contributed by atoms with Crippen molar-refractivity contribution in [1.82, 2.24) is 9.78 Å². The van der Waals surface area contributed by atoms with Crippen molar-refractivity contribution in [3.8, 4) is 0 Å². The fourth-order valence-electron chi connectivity index (χ4n) is 2.12. The van der Waals surface area contributed by atoms with Crippen LogP contribution in [0, 0.1) is 12.7 Å². The molecule has 1 atom stereocenters. The molecule has 0 bridgehead atoms. The Labute approximate surface area is 106 Å². The number of aryl methyl sites for hydroxylation is 2. The monoisotopic (exact) mass is 247 g/mol. The Bertz CT molecular complexity index is 534. The molecule has 1 aromatic heterocycles. The predicted molar refractivity (Wildman–Crippen MR) is 69.7 cm³/mol. The molecular formula is C14H18FN3. The topological polar surface area (TPSA) is 43.8 Å². The smallest absolute Gasteiger partial charge is 0.126 e.